The van der Waals surface area contributed by atoms with Crippen LogP contribution in [0.4, 0.5) is 0 Å². The van der Waals surface area contributed by atoms with Crippen LogP contribution in [-0.2, 0) is 26.2 Å². The summed E-state index contributed by atoms with van der Waals surface area (Å²) in [5.41, 5.74) is 0.550. The van der Waals surface area contributed by atoms with Crippen molar-refractivity contribution in [3.63, 3.8) is 0 Å². The number of aromatic hydroxyl groups is 1. The van der Waals surface area contributed by atoms with Crippen LogP contribution < -0.4 is 10.1 Å². The SMILES string of the molecule is CC1CC[C@]23c4c5ccc(O)c4O[C@H]2C(OC(=O)CCNC(=O)[C@@H](O)c2ccccc2)=CC[C@@]3(O)[C@H]1C5. The average Bonchev–Trinajstić information content (AvgIpc) is 3.25. The first-order chi connectivity index (χ1) is 17.8. The van der Waals surface area contributed by atoms with Crippen LogP contribution in [0.2, 0.25) is 0 Å². The molecular formula is C29H31NO7. The Morgan fingerprint density at radius 1 is 1.22 bits per heavy atom. The summed E-state index contributed by atoms with van der Waals surface area (Å²) in [5.74, 6) is -0.0517. The van der Waals surface area contributed by atoms with Gasteiger partial charge in [0.25, 0.3) is 5.91 Å². The molecule has 1 fully saturated rings. The lowest BCUT2D eigenvalue weighted by atomic mass is 9.45. The number of hydrogen-bond donors (Lipinski definition) is 4. The second kappa shape index (κ2) is 8.60. The van der Waals surface area contributed by atoms with E-state index in [9.17, 15) is 24.9 Å². The summed E-state index contributed by atoms with van der Waals surface area (Å²) in [5, 5.41) is 35.5. The average molecular weight is 506 g/mol. The van der Waals surface area contributed by atoms with Crippen LogP contribution in [0.1, 0.15) is 55.4 Å². The maximum Gasteiger partial charge on any atom is 0.312 e. The summed E-state index contributed by atoms with van der Waals surface area (Å²) >= 11 is 0. The van der Waals surface area contributed by atoms with Gasteiger partial charge in [0.1, 0.15) is 5.76 Å². The van der Waals surface area contributed by atoms with Crippen LogP contribution in [0.3, 0.4) is 0 Å². The van der Waals surface area contributed by atoms with Gasteiger partial charge in [-0.05, 0) is 60.8 Å². The van der Waals surface area contributed by atoms with Gasteiger partial charge in [-0.25, -0.2) is 0 Å². The zero-order chi connectivity index (χ0) is 25.9. The molecule has 194 valence electrons. The number of phenols is 1. The van der Waals surface area contributed by atoms with E-state index in [1.807, 2.05) is 6.07 Å². The fourth-order valence-electron chi connectivity index (χ4n) is 7.17. The lowest BCUT2D eigenvalue weighted by Gasteiger charge is -2.61. The molecule has 3 aliphatic carbocycles. The first-order valence-electron chi connectivity index (χ1n) is 12.9. The summed E-state index contributed by atoms with van der Waals surface area (Å²) in [6, 6.07) is 12.1. The van der Waals surface area contributed by atoms with Gasteiger partial charge in [-0.15, -0.1) is 0 Å². The standard InChI is InChI=1S/C29H31NO7/c1-16-9-12-28-23-18-7-8-20(31)25(23)37-26(28)21(10-13-29(28,35)19(16)15-18)36-22(32)11-14-30-27(34)24(33)17-5-3-2-4-6-17/h2-8,10,16,19,24,26,31,33,35H,9,11-15H2,1H3,(H,30,34)/t16?,19-,24-,26-,28-,29+/m0/s1. The van der Waals surface area contributed by atoms with Crippen molar-refractivity contribution >= 4 is 11.9 Å². The number of benzene rings is 2. The van der Waals surface area contributed by atoms with Gasteiger partial charge in [-0.3, -0.25) is 9.59 Å². The first-order valence-corrected chi connectivity index (χ1v) is 12.9. The molecule has 2 bridgehead atoms. The minimum Gasteiger partial charge on any atom is -0.504 e. The van der Waals surface area contributed by atoms with Gasteiger partial charge in [0.05, 0.1) is 17.4 Å². The molecule has 0 radical (unpaired) electrons. The number of hydrogen-bond acceptors (Lipinski definition) is 7. The van der Waals surface area contributed by atoms with Gasteiger partial charge in [0, 0.05) is 12.1 Å². The van der Waals surface area contributed by atoms with E-state index in [4.69, 9.17) is 9.47 Å². The third-order valence-electron chi connectivity index (χ3n) is 8.96. The fraction of sp³-hybridized carbons (Fsp3) is 0.448. The molecule has 1 aliphatic heterocycles. The van der Waals surface area contributed by atoms with Crippen molar-refractivity contribution in [2.45, 2.75) is 62.3 Å². The van der Waals surface area contributed by atoms with E-state index in [0.717, 1.165) is 24.0 Å². The molecule has 4 N–H and O–H groups in total. The van der Waals surface area contributed by atoms with Gasteiger partial charge >= 0.3 is 5.97 Å². The fourth-order valence-corrected chi connectivity index (χ4v) is 7.17. The predicted octanol–water partition coefficient (Wildman–Crippen LogP) is 2.80. The molecule has 6 rings (SSSR count). The highest BCUT2D eigenvalue weighted by Gasteiger charge is 2.71. The van der Waals surface area contributed by atoms with Gasteiger partial charge < -0.3 is 30.1 Å². The highest BCUT2D eigenvalue weighted by atomic mass is 16.6. The number of rotatable bonds is 6. The van der Waals surface area contributed by atoms with Crippen LogP contribution in [0.5, 0.6) is 11.5 Å². The van der Waals surface area contributed by atoms with E-state index in [1.54, 1.807) is 42.5 Å². The number of esters is 1. The summed E-state index contributed by atoms with van der Waals surface area (Å²) in [6.07, 6.45) is 2.22. The lowest BCUT2D eigenvalue weighted by molar-refractivity contribution is -0.170. The van der Waals surface area contributed by atoms with Crippen molar-refractivity contribution in [3.05, 3.63) is 71.0 Å². The Kier molecular flexibility index (Phi) is 5.58. The number of aliphatic hydroxyl groups excluding tert-OH is 1. The molecule has 1 unspecified atom stereocenters. The largest absolute Gasteiger partial charge is 0.504 e. The molecule has 1 saturated carbocycles. The van der Waals surface area contributed by atoms with E-state index in [0.29, 0.717) is 35.8 Å². The van der Waals surface area contributed by atoms with Crippen LogP contribution in [-0.4, -0.2) is 45.4 Å². The number of carbonyl (C=O) groups excluding carboxylic acids is 2. The Bertz CT molecular complexity index is 1290. The molecule has 1 heterocycles. The molecule has 4 aliphatic rings. The molecule has 1 amide bonds. The zero-order valence-corrected chi connectivity index (χ0v) is 20.6. The monoisotopic (exact) mass is 505 g/mol. The number of ether oxygens (including phenoxy) is 2. The van der Waals surface area contributed by atoms with Crippen molar-refractivity contribution in [1.29, 1.82) is 0 Å². The molecular weight excluding hydrogens is 474 g/mol. The first kappa shape index (κ1) is 24.0. The zero-order valence-electron chi connectivity index (χ0n) is 20.6. The molecule has 8 heteroatoms. The summed E-state index contributed by atoms with van der Waals surface area (Å²) < 4.78 is 12.1. The Balaban J connectivity index is 1.19. The summed E-state index contributed by atoms with van der Waals surface area (Å²) in [4.78, 5) is 25.1. The van der Waals surface area contributed by atoms with Crippen LogP contribution in [0.15, 0.2) is 54.3 Å². The summed E-state index contributed by atoms with van der Waals surface area (Å²) in [7, 11) is 0. The van der Waals surface area contributed by atoms with Crippen LogP contribution in [0, 0.1) is 11.8 Å². The van der Waals surface area contributed by atoms with Crippen LogP contribution >= 0.6 is 0 Å². The Morgan fingerprint density at radius 3 is 2.78 bits per heavy atom. The number of amides is 1. The van der Waals surface area contributed by atoms with Gasteiger partial charge in [-0.1, -0.05) is 43.3 Å². The van der Waals surface area contributed by atoms with Crippen molar-refractivity contribution in [3.8, 4) is 11.5 Å². The topological polar surface area (TPSA) is 125 Å². The predicted molar refractivity (Wildman–Crippen MR) is 133 cm³/mol. The lowest BCUT2D eigenvalue weighted by Crippen LogP contribution is -2.69. The van der Waals surface area contributed by atoms with Crippen molar-refractivity contribution in [2.75, 3.05) is 6.54 Å². The minimum atomic E-state index is -1.32. The van der Waals surface area contributed by atoms with Crippen molar-refractivity contribution in [2.24, 2.45) is 11.8 Å². The highest BCUT2D eigenvalue weighted by molar-refractivity contribution is 5.82. The van der Waals surface area contributed by atoms with Gasteiger partial charge in [0.2, 0.25) is 0 Å². The molecule has 2 aromatic carbocycles. The van der Waals surface area contributed by atoms with Crippen LogP contribution in [0.25, 0.3) is 0 Å². The van der Waals surface area contributed by atoms with E-state index in [1.165, 1.54) is 0 Å². The molecule has 0 aromatic heterocycles. The van der Waals surface area contributed by atoms with E-state index in [-0.39, 0.29) is 24.6 Å². The van der Waals surface area contributed by atoms with Crippen molar-refractivity contribution in [1.82, 2.24) is 5.32 Å². The Labute approximate surface area is 214 Å². The third-order valence-corrected chi connectivity index (χ3v) is 8.96. The smallest absolute Gasteiger partial charge is 0.312 e. The maximum atomic E-state index is 12.8. The number of phenolic OH excluding ortho intramolecular Hbond substituents is 1. The molecule has 6 atom stereocenters. The van der Waals surface area contributed by atoms with Gasteiger partial charge in [-0.2, -0.15) is 0 Å². The van der Waals surface area contributed by atoms with Crippen molar-refractivity contribution < 1.29 is 34.4 Å². The molecule has 2 aromatic rings. The molecule has 0 saturated heterocycles. The Morgan fingerprint density at radius 2 is 2.00 bits per heavy atom. The molecule has 8 nitrogen and oxygen atoms in total. The second-order valence-corrected chi connectivity index (χ2v) is 10.8. The second-order valence-electron chi connectivity index (χ2n) is 10.8. The third kappa shape index (κ3) is 3.42. The maximum absolute atomic E-state index is 12.8. The quantitative estimate of drug-likeness (QED) is 0.445. The van der Waals surface area contributed by atoms with E-state index < -0.39 is 35.1 Å². The molecule has 37 heavy (non-hydrogen) atoms. The van der Waals surface area contributed by atoms with E-state index >= 15 is 0 Å². The number of carbonyl (C=O) groups is 2. The molecule has 1 spiro atoms. The van der Waals surface area contributed by atoms with Gasteiger partial charge in [0.15, 0.2) is 23.7 Å². The Hall–Kier alpha value is -3.36. The summed E-state index contributed by atoms with van der Waals surface area (Å²) in [6.45, 7) is 2.18. The normalized spacial score (nSPS) is 31.4. The highest BCUT2D eigenvalue weighted by Crippen LogP contribution is 2.68. The van der Waals surface area contributed by atoms with E-state index in [2.05, 4.69) is 12.2 Å². The number of aliphatic hydroxyl groups is 2. The number of nitrogens with one attached hydrogen (secondary N) is 1. The minimum absolute atomic E-state index is 0.000193.